The lowest BCUT2D eigenvalue weighted by Crippen LogP contribution is -2.51. The summed E-state index contributed by atoms with van der Waals surface area (Å²) in [6.07, 6.45) is 60.0. The highest BCUT2D eigenvalue weighted by molar-refractivity contribution is 7.80. The van der Waals surface area contributed by atoms with E-state index in [0.29, 0.717) is 37.9 Å². The first-order chi connectivity index (χ1) is 38.3. The van der Waals surface area contributed by atoms with Crippen molar-refractivity contribution in [2.24, 2.45) is 76.4 Å². The highest BCUT2D eigenvalue weighted by Crippen LogP contribution is 2.57. The lowest BCUT2D eigenvalue weighted by atomic mass is 9.92. The Kier molecular flexibility index (Phi) is 31.7. The monoisotopic (exact) mass is 1110 g/mol. The van der Waals surface area contributed by atoms with E-state index in [1.54, 1.807) is 38.5 Å². The number of likely N-dealkylation sites (tertiary alicyclic amines) is 1. The van der Waals surface area contributed by atoms with Crippen LogP contribution in [0.25, 0.3) is 0 Å². The molecule has 6 saturated carbocycles. The van der Waals surface area contributed by atoms with Gasteiger partial charge in [-0.1, -0.05) is 213 Å². The van der Waals surface area contributed by atoms with Gasteiger partial charge in [0.1, 0.15) is 6.61 Å². The van der Waals surface area contributed by atoms with Gasteiger partial charge >= 0.3 is 0 Å². The third-order valence-electron chi connectivity index (χ3n) is 21.4. The fourth-order valence-corrected chi connectivity index (χ4v) is 15.4. The number of unbranched alkanes of at least 4 members (excludes halogenated alkanes) is 21. The largest absolute Gasteiger partial charge is 0.486 e. The number of hydrogen-bond acceptors (Lipinski definition) is 7. The Bertz CT molecular complexity index is 1390. The SMILES string of the molecule is CCCCCC1CC1CC1CC1CCCCCCCCOCC(COCCCCCCCCC1CC1CC1CC1CCCCC)(COCCCCCCCCC1CC1CC1CC1CCCCC)COC(=S)CCN1CC(O)C1. The lowest BCUT2D eigenvalue weighted by Gasteiger charge is -2.36. The number of thiocarbonyl (C=S) groups is 1. The summed E-state index contributed by atoms with van der Waals surface area (Å²) in [4.78, 5) is 2.26. The van der Waals surface area contributed by atoms with E-state index in [-0.39, 0.29) is 11.5 Å². The lowest BCUT2D eigenvalue weighted by molar-refractivity contribution is -0.0912. The van der Waals surface area contributed by atoms with Crippen molar-refractivity contribution in [3.63, 3.8) is 0 Å². The van der Waals surface area contributed by atoms with Crippen LogP contribution in [-0.4, -0.2) is 87.0 Å². The molecule has 0 aromatic heterocycles. The van der Waals surface area contributed by atoms with Gasteiger partial charge in [0.25, 0.3) is 0 Å². The van der Waals surface area contributed by atoms with Gasteiger partial charge in [0, 0.05) is 45.9 Å². The molecular weight excluding hydrogens is 979 g/mol. The van der Waals surface area contributed by atoms with E-state index in [0.717, 1.165) is 130 Å². The molecule has 12 atom stereocenters. The third kappa shape index (κ3) is 27.6. The van der Waals surface area contributed by atoms with Crippen molar-refractivity contribution < 1.29 is 24.1 Å². The van der Waals surface area contributed by atoms with Gasteiger partial charge in [-0.25, -0.2) is 0 Å². The highest BCUT2D eigenvalue weighted by atomic mass is 32.1. The first kappa shape index (κ1) is 65.2. The maximum absolute atomic E-state index is 9.84. The number of aliphatic hydroxyl groups is 1. The minimum absolute atomic E-state index is 0.195. The minimum atomic E-state index is -0.389. The highest BCUT2D eigenvalue weighted by Gasteiger charge is 2.47. The molecule has 0 amide bonds. The zero-order valence-corrected chi connectivity index (χ0v) is 52.7. The van der Waals surface area contributed by atoms with Crippen LogP contribution in [0.1, 0.15) is 297 Å². The van der Waals surface area contributed by atoms with Crippen LogP contribution in [0.15, 0.2) is 0 Å². The molecule has 6 aliphatic carbocycles. The second kappa shape index (κ2) is 37.9. The third-order valence-corrected chi connectivity index (χ3v) is 21.8. The molecule has 12 unspecified atom stereocenters. The smallest absolute Gasteiger partial charge is 0.160 e. The molecule has 7 aliphatic rings. The van der Waals surface area contributed by atoms with E-state index in [2.05, 4.69) is 25.7 Å². The molecule has 78 heavy (non-hydrogen) atoms. The quantitative estimate of drug-likeness (QED) is 0.0481. The van der Waals surface area contributed by atoms with Crippen LogP contribution in [0.5, 0.6) is 0 Å². The van der Waals surface area contributed by atoms with Crippen LogP contribution >= 0.6 is 12.2 Å². The zero-order valence-electron chi connectivity index (χ0n) is 51.9. The number of rotatable bonds is 56. The standard InChI is InChI=1S/C71H129NO5S/c1-4-7-22-31-57-42-63(57)48-66-45-60(66)34-25-16-10-13-19-28-39-74-53-71(56-77-70(78)37-38-72-51-69(73)52-72,54-75-40-29-20-14-11-17-26-35-61-46-67(61)49-64-43-58(64)32-23-8-5-2)55-76-41-30-21-15-12-18-27-36-62-47-68(62)50-65-44-59(65)33-24-9-6-3/h57-69,73H,4-56H2,1-3H3. The predicted octanol–water partition coefficient (Wildman–Crippen LogP) is 19.4. The first-order valence-electron chi connectivity index (χ1n) is 35.6. The van der Waals surface area contributed by atoms with Crippen molar-refractivity contribution >= 4 is 17.3 Å². The first-order valence-corrected chi connectivity index (χ1v) is 36.0. The summed E-state index contributed by atoms with van der Waals surface area (Å²) in [5, 5.41) is 10.5. The van der Waals surface area contributed by atoms with Gasteiger partial charge in [-0.15, -0.1) is 0 Å². The Morgan fingerprint density at radius 1 is 0.385 bits per heavy atom. The second-order valence-electron chi connectivity index (χ2n) is 28.9. The summed E-state index contributed by atoms with van der Waals surface area (Å²) in [6.45, 7) is 13.9. The number of β-amino-alcohol motifs (C(OH)–C–C–N with tert-alkyl or cyclic N) is 1. The summed E-state index contributed by atoms with van der Waals surface area (Å²) in [5.74, 6) is 13.0. The number of nitrogens with zero attached hydrogens (tertiary/aromatic N) is 1. The van der Waals surface area contributed by atoms with Crippen LogP contribution in [0.2, 0.25) is 0 Å². The van der Waals surface area contributed by atoms with Gasteiger partial charge in [-0.05, 0) is 160 Å². The van der Waals surface area contributed by atoms with Crippen molar-refractivity contribution in [1.82, 2.24) is 4.90 Å². The van der Waals surface area contributed by atoms with Crippen molar-refractivity contribution in [3.05, 3.63) is 0 Å². The zero-order chi connectivity index (χ0) is 54.5. The molecule has 6 nitrogen and oxygen atoms in total. The van der Waals surface area contributed by atoms with E-state index in [1.807, 2.05) is 0 Å². The van der Waals surface area contributed by atoms with E-state index in [9.17, 15) is 5.11 Å². The minimum Gasteiger partial charge on any atom is -0.486 e. The van der Waals surface area contributed by atoms with Gasteiger partial charge in [-0.2, -0.15) is 0 Å². The molecule has 7 heteroatoms. The average molecular weight is 1110 g/mol. The maximum Gasteiger partial charge on any atom is 0.160 e. The number of hydrogen-bond donors (Lipinski definition) is 1. The molecule has 0 aromatic rings. The van der Waals surface area contributed by atoms with Crippen molar-refractivity contribution in [3.8, 4) is 0 Å². The molecule has 0 spiro atoms. The second-order valence-corrected chi connectivity index (χ2v) is 29.4. The molecular formula is C71H129NO5S. The summed E-state index contributed by atoms with van der Waals surface area (Å²) >= 11 is 5.84. The maximum atomic E-state index is 9.84. The van der Waals surface area contributed by atoms with Crippen LogP contribution in [0.3, 0.4) is 0 Å². The molecule has 0 radical (unpaired) electrons. The van der Waals surface area contributed by atoms with Crippen LogP contribution in [0, 0.1) is 76.4 Å². The molecule has 454 valence electrons. The Labute approximate surface area is 489 Å². The van der Waals surface area contributed by atoms with E-state index in [4.69, 9.17) is 31.2 Å². The average Bonchev–Trinajstić information content (AvgIpc) is 4.16. The Balaban J connectivity index is 0.757. The Morgan fingerprint density at radius 3 is 0.962 bits per heavy atom. The fourth-order valence-electron chi connectivity index (χ4n) is 15.2. The van der Waals surface area contributed by atoms with Gasteiger partial charge < -0.3 is 24.1 Å². The van der Waals surface area contributed by atoms with Crippen LogP contribution in [-0.2, 0) is 18.9 Å². The van der Waals surface area contributed by atoms with Gasteiger partial charge in [0.2, 0.25) is 0 Å². The molecule has 7 rings (SSSR count). The van der Waals surface area contributed by atoms with E-state index in [1.165, 1.54) is 212 Å². The topological polar surface area (TPSA) is 60.4 Å². The fraction of sp³-hybridized carbons (Fsp3) is 0.986. The summed E-state index contributed by atoms with van der Waals surface area (Å²) in [6, 6.07) is 0. The number of ether oxygens (including phenoxy) is 4. The van der Waals surface area contributed by atoms with Crippen molar-refractivity contribution in [1.29, 1.82) is 0 Å². The predicted molar refractivity (Wildman–Crippen MR) is 333 cm³/mol. The summed E-state index contributed by atoms with van der Waals surface area (Å²) < 4.78 is 26.3. The molecule has 0 bridgehead atoms. The molecule has 1 N–H and O–H groups in total. The summed E-state index contributed by atoms with van der Waals surface area (Å²) in [5.41, 5.74) is -0.389. The van der Waals surface area contributed by atoms with Gasteiger partial charge in [-0.3, -0.25) is 4.90 Å². The molecule has 0 aromatic carbocycles. The Morgan fingerprint density at radius 2 is 0.667 bits per heavy atom. The van der Waals surface area contributed by atoms with Gasteiger partial charge in [0.05, 0.1) is 31.3 Å². The molecule has 7 fully saturated rings. The van der Waals surface area contributed by atoms with Crippen molar-refractivity contribution in [2.75, 3.05) is 65.9 Å². The van der Waals surface area contributed by atoms with Crippen LogP contribution in [0.4, 0.5) is 0 Å². The summed E-state index contributed by atoms with van der Waals surface area (Å²) in [7, 11) is 0. The van der Waals surface area contributed by atoms with E-state index >= 15 is 0 Å². The normalized spacial score (nSPS) is 29.6. The Hall–Kier alpha value is -0.310. The number of aliphatic hydroxyl groups excluding tert-OH is 1. The van der Waals surface area contributed by atoms with Gasteiger partial charge in [0.15, 0.2) is 5.05 Å². The van der Waals surface area contributed by atoms with E-state index < -0.39 is 0 Å². The molecule has 1 saturated heterocycles. The molecule has 1 heterocycles. The molecule has 1 aliphatic heterocycles. The van der Waals surface area contributed by atoms with Crippen molar-refractivity contribution in [2.45, 2.75) is 303 Å². The van der Waals surface area contributed by atoms with Crippen LogP contribution < -0.4 is 0 Å².